The molecular weight excluding hydrogens is 607 g/mol. The molecule has 3 nitrogen and oxygen atoms in total. The van der Waals surface area contributed by atoms with Gasteiger partial charge in [0.05, 0.1) is 22.4 Å². The molecule has 0 atom stereocenters. The van der Waals surface area contributed by atoms with Crippen molar-refractivity contribution in [1.82, 2.24) is 4.57 Å². The Morgan fingerprint density at radius 1 is 0.580 bits per heavy atom. The molecule has 7 aromatic carbocycles. The Morgan fingerprint density at radius 2 is 1.30 bits per heavy atom. The van der Waals surface area contributed by atoms with E-state index in [9.17, 15) is 0 Å². The number of fused-ring (bicyclic) bond motifs is 8. The Morgan fingerprint density at radius 3 is 2.16 bits per heavy atom. The van der Waals surface area contributed by atoms with E-state index >= 15 is 0 Å². The molecule has 0 amide bonds. The number of hydrogen-bond donors (Lipinski definition) is 1. The second-order valence-electron chi connectivity index (χ2n) is 13.0. The van der Waals surface area contributed by atoms with Crippen molar-refractivity contribution in [3.63, 3.8) is 0 Å². The van der Waals surface area contributed by atoms with Crippen molar-refractivity contribution in [1.29, 1.82) is 0 Å². The summed E-state index contributed by atoms with van der Waals surface area (Å²) in [6.07, 6.45) is 8.11. The first kappa shape index (κ1) is 28.3. The monoisotopic (exact) mass is 637 g/mol. The molecule has 0 saturated heterocycles. The Labute approximate surface area is 289 Å². The molecule has 0 fully saturated rings. The maximum Gasteiger partial charge on any atom is 0.0730 e. The quantitative estimate of drug-likeness (QED) is 0.205. The molecule has 0 bridgehead atoms. The molecule has 234 valence electrons. The van der Waals surface area contributed by atoms with E-state index in [1.165, 1.54) is 49.3 Å². The van der Waals surface area contributed by atoms with E-state index < -0.39 is 0 Å². The van der Waals surface area contributed by atoms with Crippen LogP contribution in [0.4, 0.5) is 0 Å². The van der Waals surface area contributed by atoms with Gasteiger partial charge in [-0.15, -0.1) is 0 Å². The molecule has 0 unspecified atom stereocenters. The summed E-state index contributed by atoms with van der Waals surface area (Å²) >= 11 is 0. The summed E-state index contributed by atoms with van der Waals surface area (Å²) in [5.41, 5.74) is 20.7. The van der Waals surface area contributed by atoms with E-state index in [1.807, 2.05) is 18.2 Å². The lowest BCUT2D eigenvalue weighted by Gasteiger charge is -2.15. The number of aliphatic imine (C=N–C) groups is 1. The molecule has 0 saturated carbocycles. The van der Waals surface area contributed by atoms with E-state index in [2.05, 4.69) is 157 Å². The van der Waals surface area contributed by atoms with Crippen LogP contribution in [-0.2, 0) is 0 Å². The van der Waals surface area contributed by atoms with Gasteiger partial charge in [0, 0.05) is 44.2 Å². The van der Waals surface area contributed by atoms with E-state index in [4.69, 9.17) is 10.7 Å². The number of aromatic nitrogens is 1. The van der Waals surface area contributed by atoms with E-state index in [0.717, 1.165) is 44.4 Å². The third-order valence-electron chi connectivity index (χ3n) is 10.3. The van der Waals surface area contributed by atoms with E-state index in [1.54, 1.807) is 0 Å². The maximum atomic E-state index is 7.09. The normalized spacial score (nSPS) is 15.1. The molecule has 10 rings (SSSR count). The molecule has 50 heavy (non-hydrogen) atoms. The van der Waals surface area contributed by atoms with Gasteiger partial charge in [-0.25, -0.2) is 4.99 Å². The standard InChI is InChI=1S/C47H31N3/c1-29(31-23-27-44-42(28-31)40-24-22-30-12-5-6-15-33(30)47(40)50(44)32-13-3-2-4-14-32)49-43-21-10-9-18-41(43)46(48)39-26-25-38-35-17-8-7-16-34(35)36-19-11-20-37(39)45(36)38/h2-28H,1,48H2/b46-41-,49-43?. The second-order valence-corrected chi connectivity index (χ2v) is 13.0. The van der Waals surface area contributed by atoms with Crippen molar-refractivity contribution >= 4 is 60.5 Å². The fourth-order valence-electron chi connectivity index (χ4n) is 8.00. The number of benzene rings is 7. The van der Waals surface area contributed by atoms with Gasteiger partial charge in [0.25, 0.3) is 0 Å². The minimum absolute atomic E-state index is 0.685. The molecular formula is C47H31N3. The molecule has 0 spiro atoms. The minimum atomic E-state index is 0.685. The van der Waals surface area contributed by atoms with Crippen LogP contribution in [0.15, 0.2) is 181 Å². The molecule has 3 heteroatoms. The molecule has 2 aliphatic rings. The predicted octanol–water partition coefficient (Wildman–Crippen LogP) is 11.6. The van der Waals surface area contributed by atoms with Crippen LogP contribution in [-0.4, -0.2) is 10.3 Å². The highest BCUT2D eigenvalue weighted by atomic mass is 15.0. The minimum Gasteiger partial charge on any atom is -0.398 e. The van der Waals surface area contributed by atoms with Crippen LogP contribution in [0.3, 0.4) is 0 Å². The zero-order chi connectivity index (χ0) is 33.3. The lowest BCUT2D eigenvalue weighted by molar-refractivity contribution is 1.19. The Bertz CT molecular complexity index is 2850. The van der Waals surface area contributed by atoms with Gasteiger partial charge in [-0.3, -0.25) is 0 Å². The Hall–Kier alpha value is -6.71. The highest BCUT2D eigenvalue weighted by molar-refractivity contribution is 6.22. The predicted molar refractivity (Wildman–Crippen MR) is 213 cm³/mol. The number of rotatable bonds is 4. The fourth-order valence-corrected chi connectivity index (χ4v) is 8.00. The Balaban J connectivity index is 1.10. The van der Waals surface area contributed by atoms with Crippen LogP contribution >= 0.6 is 0 Å². The average Bonchev–Trinajstić information content (AvgIpc) is 3.69. The lowest BCUT2D eigenvalue weighted by Crippen LogP contribution is -2.10. The van der Waals surface area contributed by atoms with Gasteiger partial charge in [-0.2, -0.15) is 0 Å². The molecule has 2 N–H and O–H groups in total. The van der Waals surface area contributed by atoms with Crippen LogP contribution in [0.2, 0.25) is 0 Å². The van der Waals surface area contributed by atoms with Crippen molar-refractivity contribution < 1.29 is 0 Å². The summed E-state index contributed by atoms with van der Waals surface area (Å²) in [6.45, 7) is 4.48. The summed E-state index contributed by atoms with van der Waals surface area (Å²) in [5.74, 6) is 0. The van der Waals surface area contributed by atoms with Gasteiger partial charge in [0.2, 0.25) is 0 Å². The number of nitrogens with zero attached hydrogens (tertiary/aromatic N) is 2. The maximum absolute atomic E-state index is 7.09. The third-order valence-corrected chi connectivity index (χ3v) is 10.3. The van der Waals surface area contributed by atoms with Crippen molar-refractivity contribution in [3.05, 3.63) is 187 Å². The van der Waals surface area contributed by atoms with E-state index in [-0.39, 0.29) is 0 Å². The molecule has 2 aliphatic carbocycles. The molecule has 1 aromatic heterocycles. The zero-order valence-corrected chi connectivity index (χ0v) is 27.3. The highest BCUT2D eigenvalue weighted by Crippen LogP contribution is 2.48. The van der Waals surface area contributed by atoms with Crippen LogP contribution in [0, 0.1) is 0 Å². The number of nitrogens with two attached hydrogens (primary N) is 1. The van der Waals surface area contributed by atoms with Crippen LogP contribution < -0.4 is 5.73 Å². The van der Waals surface area contributed by atoms with Gasteiger partial charge in [0.1, 0.15) is 0 Å². The van der Waals surface area contributed by atoms with Crippen LogP contribution in [0.5, 0.6) is 0 Å². The van der Waals surface area contributed by atoms with E-state index in [0.29, 0.717) is 11.4 Å². The van der Waals surface area contributed by atoms with Crippen LogP contribution in [0.25, 0.3) is 82.7 Å². The van der Waals surface area contributed by atoms with Gasteiger partial charge in [-0.1, -0.05) is 140 Å². The largest absolute Gasteiger partial charge is 0.398 e. The third kappa shape index (κ3) is 4.14. The van der Waals surface area contributed by atoms with Gasteiger partial charge in [-0.05, 0) is 68.8 Å². The summed E-state index contributed by atoms with van der Waals surface area (Å²) in [5, 5.41) is 7.21. The molecule has 0 radical (unpaired) electrons. The first-order chi connectivity index (χ1) is 24.7. The topological polar surface area (TPSA) is 43.3 Å². The second kappa shape index (κ2) is 10.9. The summed E-state index contributed by atoms with van der Waals surface area (Å²) in [7, 11) is 0. The molecule has 8 aromatic rings. The lowest BCUT2D eigenvalue weighted by atomic mass is 9.93. The summed E-state index contributed by atoms with van der Waals surface area (Å²) < 4.78 is 2.37. The first-order valence-electron chi connectivity index (χ1n) is 17.0. The number of para-hydroxylation sites is 1. The van der Waals surface area contributed by atoms with Gasteiger partial charge < -0.3 is 10.3 Å². The van der Waals surface area contributed by atoms with Gasteiger partial charge in [0.15, 0.2) is 0 Å². The van der Waals surface area contributed by atoms with Crippen molar-refractivity contribution in [2.75, 3.05) is 0 Å². The highest BCUT2D eigenvalue weighted by Gasteiger charge is 2.23. The number of hydrogen-bond acceptors (Lipinski definition) is 2. The summed E-state index contributed by atoms with van der Waals surface area (Å²) in [6, 6.07) is 49.7. The smallest absolute Gasteiger partial charge is 0.0730 e. The zero-order valence-electron chi connectivity index (χ0n) is 27.3. The Kier molecular flexibility index (Phi) is 6.18. The fraction of sp³-hybridized carbons (Fsp3) is 0. The first-order valence-corrected chi connectivity index (χ1v) is 17.0. The molecule has 0 aliphatic heterocycles. The SMILES string of the molecule is C=C(N=C1C=CC=C/C1=C(/N)c1ccc2c3c(cccc13)-c1ccccc1-2)c1ccc2c(c1)c1ccc3ccccc3c1n2-c1ccccc1. The average molecular weight is 638 g/mol. The van der Waals surface area contributed by atoms with Crippen molar-refractivity contribution in [2.24, 2.45) is 10.7 Å². The van der Waals surface area contributed by atoms with Crippen LogP contribution in [0.1, 0.15) is 11.1 Å². The summed E-state index contributed by atoms with van der Waals surface area (Å²) in [4.78, 5) is 5.14. The number of allylic oxidation sites excluding steroid dienone is 5. The van der Waals surface area contributed by atoms with Crippen molar-refractivity contribution in [2.45, 2.75) is 0 Å². The van der Waals surface area contributed by atoms with Gasteiger partial charge >= 0.3 is 0 Å². The molecule has 1 heterocycles. The van der Waals surface area contributed by atoms with Crippen molar-refractivity contribution in [3.8, 4) is 27.9 Å².